The summed E-state index contributed by atoms with van der Waals surface area (Å²) >= 11 is 0.567. The third-order valence-corrected chi connectivity index (χ3v) is 3.09. The molecule has 1 aromatic carbocycles. The van der Waals surface area contributed by atoms with Crippen LogP contribution in [-0.4, -0.2) is 25.5 Å². The van der Waals surface area contributed by atoms with Gasteiger partial charge < -0.3 is 10.1 Å². The highest BCUT2D eigenvalue weighted by Gasteiger charge is 2.16. The van der Waals surface area contributed by atoms with Crippen molar-refractivity contribution < 1.29 is 13.5 Å². The van der Waals surface area contributed by atoms with Crippen LogP contribution in [0.3, 0.4) is 0 Å². The molecule has 1 saturated heterocycles. The number of morpholine rings is 1. The predicted octanol–water partition coefficient (Wildman–Crippen LogP) is 2.66. The Morgan fingerprint density at radius 3 is 3.00 bits per heavy atom. The molecule has 0 spiro atoms. The lowest BCUT2D eigenvalue weighted by Gasteiger charge is -2.24. The molecule has 1 atom stereocenters. The minimum Gasteiger partial charge on any atom is -0.371 e. The smallest absolute Gasteiger partial charge is 0.288 e. The molecule has 1 aliphatic heterocycles. The molecule has 0 amide bonds. The second-order valence-corrected chi connectivity index (χ2v) is 4.58. The molecule has 5 heteroatoms. The molecule has 1 aromatic rings. The number of ether oxygens (including phenoxy) is 1. The molecular weight excluding hydrogens is 232 g/mol. The maximum Gasteiger partial charge on any atom is 0.288 e. The maximum absolute atomic E-state index is 12.2. The number of nitrogens with one attached hydrogen (secondary N) is 1. The van der Waals surface area contributed by atoms with Crippen LogP contribution in [0.4, 0.5) is 8.78 Å². The van der Waals surface area contributed by atoms with E-state index in [4.69, 9.17) is 4.74 Å². The lowest BCUT2D eigenvalue weighted by Crippen LogP contribution is -2.33. The van der Waals surface area contributed by atoms with Gasteiger partial charge in [0.1, 0.15) is 0 Å². The Morgan fingerprint density at radius 1 is 1.44 bits per heavy atom. The van der Waals surface area contributed by atoms with Gasteiger partial charge >= 0.3 is 0 Å². The van der Waals surface area contributed by atoms with Crippen molar-refractivity contribution in [3.8, 4) is 0 Å². The number of hydrogen-bond acceptors (Lipinski definition) is 3. The summed E-state index contributed by atoms with van der Waals surface area (Å²) in [6, 6.07) is 7.16. The molecule has 0 aromatic heterocycles. The number of alkyl halides is 2. The predicted molar refractivity (Wildman–Crippen MR) is 59.9 cm³/mol. The van der Waals surface area contributed by atoms with Crippen LogP contribution in [-0.2, 0) is 4.74 Å². The molecule has 0 radical (unpaired) electrons. The molecule has 2 nitrogen and oxygen atoms in total. The summed E-state index contributed by atoms with van der Waals surface area (Å²) in [7, 11) is 0. The van der Waals surface area contributed by atoms with Crippen molar-refractivity contribution >= 4 is 11.8 Å². The highest BCUT2D eigenvalue weighted by atomic mass is 32.2. The van der Waals surface area contributed by atoms with E-state index in [0.29, 0.717) is 23.3 Å². The van der Waals surface area contributed by atoms with Crippen molar-refractivity contribution in [3.05, 3.63) is 29.8 Å². The minimum absolute atomic E-state index is 0.0213. The van der Waals surface area contributed by atoms with E-state index >= 15 is 0 Å². The summed E-state index contributed by atoms with van der Waals surface area (Å²) in [6.07, 6.45) is -0.0213. The van der Waals surface area contributed by atoms with Crippen LogP contribution in [0, 0.1) is 0 Å². The van der Waals surface area contributed by atoms with Gasteiger partial charge in [0, 0.05) is 18.0 Å². The Labute approximate surface area is 97.4 Å². The van der Waals surface area contributed by atoms with Gasteiger partial charge in [-0.25, -0.2) is 0 Å². The van der Waals surface area contributed by atoms with Gasteiger partial charge in [0.05, 0.1) is 12.7 Å². The van der Waals surface area contributed by atoms with Gasteiger partial charge in [-0.1, -0.05) is 23.9 Å². The lowest BCUT2D eigenvalue weighted by atomic mass is 10.1. The van der Waals surface area contributed by atoms with E-state index in [0.717, 1.165) is 18.7 Å². The van der Waals surface area contributed by atoms with Crippen molar-refractivity contribution in [2.24, 2.45) is 0 Å². The Balaban J connectivity index is 2.08. The molecule has 0 aliphatic carbocycles. The molecule has 1 unspecified atom stereocenters. The first kappa shape index (κ1) is 11.8. The molecule has 1 heterocycles. The summed E-state index contributed by atoms with van der Waals surface area (Å²) in [6.45, 7) is 2.25. The quantitative estimate of drug-likeness (QED) is 0.827. The second-order valence-electron chi connectivity index (χ2n) is 3.51. The summed E-state index contributed by atoms with van der Waals surface area (Å²) in [5, 5.41) is 3.21. The van der Waals surface area contributed by atoms with E-state index < -0.39 is 5.76 Å². The molecule has 0 saturated carbocycles. The van der Waals surface area contributed by atoms with E-state index in [1.807, 2.05) is 6.07 Å². The van der Waals surface area contributed by atoms with Crippen molar-refractivity contribution in [2.75, 3.05) is 19.7 Å². The molecule has 2 rings (SSSR count). The van der Waals surface area contributed by atoms with Crippen LogP contribution in [0.15, 0.2) is 29.2 Å². The zero-order valence-electron chi connectivity index (χ0n) is 8.66. The van der Waals surface area contributed by atoms with Gasteiger partial charge in [-0.2, -0.15) is 8.78 Å². The summed E-state index contributed by atoms with van der Waals surface area (Å²) in [5.74, 6) is -2.37. The Morgan fingerprint density at radius 2 is 2.31 bits per heavy atom. The van der Waals surface area contributed by atoms with E-state index in [2.05, 4.69) is 5.32 Å². The fourth-order valence-corrected chi connectivity index (χ4v) is 2.24. The molecular formula is C11H13F2NOS. The Hall–Kier alpha value is -0.650. The zero-order chi connectivity index (χ0) is 11.4. The summed E-state index contributed by atoms with van der Waals surface area (Å²) in [4.78, 5) is 0.585. The third kappa shape index (κ3) is 3.17. The minimum atomic E-state index is -2.37. The number of benzene rings is 1. The van der Waals surface area contributed by atoms with E-state index in [9.17, 15) is 8.78 Å². The molecule has 0 bridgehead atoms. The number of thioether (sulfide) groups is 1. The van der Waals surface area contributed by atoms with E-state index in [-0.39, 0.29) is 6.10 Å². The van der Waals surface area contributed by atoms with Gasteiger partial charge in [0.2, 0.25) is 0 Å². The van der Waals surface area contributed by atoms with Gasteiger partial charge in [0.25, 0.3) is 5.76 Å². The Kier molecular flexibility index (Phi) is 4.15. The van der Waals surface area contributed by atoms with E-state index in [1.165, 1.54) is 0 Å². The first-order chi connectivity index (χ1) is 7.75. The topological polar surface area (TPSA) is 21.3 Å². The van der Waals surface area contributed by atoms with Crippen LogP contribution in [0.2, 0.25) is 0 Å². The SMILES string of the molecule is FC(F)Sc1cccc(C2CNCCO2)c1. The zero-order valence-corrected chi connectivity index (χ0v) is 9.47. The first-order valence-corrected chi connectivity index (χ1v) is 6.01. The van der Waals surface area contributed by atoms with Crippen LogP contribution in [0.5, 0.6) is 0 Å². The molecule has 88 valence electrons. The van der Waals surface area contributed by atoms with E-state index in [1.54, 1.807) is 18.2 Å². The number of halogens is 2. The largest absolute Gasteiger partial charge is 0.371 e. The normalized spacial score (nSPS) is 21.3. The third-order valence-electron chi connectivity index (χ3n) is 2.38. The fourth-order valence-electron chi connectivity index (χ4n) is 1.67. The molecule has 1 aliphatic rings. The molecule has 1 N–H and O–H groups in total. The highest BCUT2D eigenvalue weighted by molar-refractivity contribution is 7.99. The van der Waals surface area contributed by atoms with Crippen molar-refractivity contribution in [2.45, 2.75) is 16.8 Å². The fraction of sp³-hybridized carbons (Fsp3) is 0.455. The maximum atomic E-state index is 12.2. The monoisotopic (exact) mass is 245 g/mol. The van der Waals surface area contributed by atoms with Crippen LogP contribution >= 0.6 is 11.8 Å². The van der Waals surface area contributed by atoms with Crippen LogP contribution in [0.1, 0.15) is 11.7 Å². The highest BCUT2D eigenvalue weighted by Crippen LogP contribution is 2.28. The van der Waals surface area contributed by atoms with Crippen LogP contribution < -0.4 is 5.32 Å². The van der Waals surface area contributed by atoms with Crippen LogP contribution in [0.25, 0.3) is 0 Å². The average molecular weight is 245 g/mol. The number of hydrogen-bond donors (Lipinski definition) is 1. The Bertz CT molecular complexity index is 343. The molecule has 1 fully saturated rings. The van der Waals surface area contributed by atoms with Gasteiger partial charge in [-0.15, -0.1) is 0 Å². The van der Waals surface area contributed by atoms with Crippen molar-refractivity contribution in [1.29, 1.82) is 0 Å². The lowest BCUT2D eigenvalue weighted by molar-refractivity contribution is 0.0276. The van der Waals surface area contributed by atoms with Crippen molar-refractivity contribution in [3.63, 3.8) is 0 Å². The second kappa shape index (κ2) is 5.61. The standard InChI is InChI=1S/C11H13F2NOS/c12-11(13)16-9-3-1-2-8(6-9)10-7-14-4-5-15-10/h1-3,6,10-11,14H,4-5,7H2. The average Bonchev–Trinajstić information content (AvgIpc) is 2.30. The first-order valence-electron chi connectivity index (χ1n) is 5.13. The summed E-state index contributed by atoms with van der Waals surface area (Å²) < 4.78 is 30.0. The van der Waals surface area contributed by atoms with Gasteiger partial charge in [0.15, 0.2) is 0 Å². The van der Waals surface area contributed by atoms with Crippen molar-refractivity contribution in [1.82, 2.24) is 5.32 Å². The summed E-state index contributed by atoms with van der Waals surface area (Å²) in [5.41, 5.74) is 0.956. The van der Waals surface area contributed by atoms with Gasteiger partial charge in [-0.05, 0) is 17.7 Å². The van der Waals surface area contributed by atoms with Gasteiger partial charge in [-0.3, -0.25) is 0 Å². The molecule has 16 heavy (non-hydrogen) atoms. The number of rotatable bonds is 3.